The molecular formula is C16H12Cl2O. The highest BCUT2D eigenvalue weighted by molar-refractivity contribution is 6.30. The molecule has 0 radical (unpaired) electrons. The quantitative estimate of drug-likeness (QED) is 0.447. The molecule has 0 atom stereocenters. The van der Waals surface area contributed by atoms with E-state index in [0.29, 0.717) is 16.2 Å². The van der Waals surface area contributed by atoms with Crippen molar-refractivity contribution in [3.63, 3.8) is 0 Å². The zero-order valence-electron chi connectivity index (χ0n) is 10.1. The lowest BCUT2D eigenvalue weighted by molar-refractivity contribution is 0.103. The van der Waals surface area contributed by atoms with Crippen LogP contribution in [0.1, 0.15) is 15.9 Å². The Morgan fingerprint density at radius 3 is 2.21 bits per heavy atom. The number of ketones is 1. The average Bonchev–Trinajstić information content (AvgIpc) is 2.47. The highest BCUT2D eigenvalue weighted by Gasteiger charge is 2.10. The summed E-state index contributed by atoms with van der Waals surface area (Å²) in [6.07, 6.45) is 1.79. The second-order valence-electron chi connectivity index (χ2n) is 4.05. The maximum atomic E-state index is 12.3. The number of Topliss-reactive ketones (excluding diaryl/α,β-unsaturated/α-hetero) is 1. The van der Waals surface area contributed by atoms with Gasteiger partial charge in [0.05, 0.1) is 5.88 Å². The van der Waals surface area contributed by atoms with Crippen LogP contribution in [0.15, 0.2) is 60.2 Å². The first-order valence-corrected chi connectivity index (χ1v) is 6.74. The van der Waals surface area contributed by atoms with Crippen molar-refractivity contribution in [3.8, 4) is 0 Å². The predicted molar refractivity (Wildman–Crippen MR) is 80.9 cm³/mol. The van der Waals surface area contributed by atoms with Gasteiger partial charge in [-0.2, -0.15) is 0 Å². The minimum absolute atomic E-state index is 0.0504. The number of carbonyl (C=O) groups excluding carboxylic acids is 1. The van der Waals surface area contributed by atoms with Gasteiger partial charge < -0.3 is 0 Å². The molecule has 0 saturated heterocycles. The summed E-state index contributed by atoms with van der Waals surface area (Å²) in [7, 11) is 0. The summed E-state index contributed by atoms with van der Waals surface area (Å²) in [5.74, 6) is 0.127. The standard InChI is InChI=1S/C16H12Cl2O/c17-11-14(10-12-6-8-15(18)9-7-12)16(19)13-4-2-1-3-5-13/h1-10H,11H2/b14-10+. The van der Waals surface area contributed by atoms with Gasteiger partial charge in [0.25, 0.3) is 0 Å². The molecule has 0 aliphatic heterocycles. The van der Waals surface area contributed by atoms with E-state index in [1.54, 1.807) is 30.3 Å². The molecule has 1 nitrogen and oxygen atoms in total. The van der Waals surface area contributed by atoms with Crippen LogP contribution in [0, 0.1) is 0 Å². The number of rotatable bonds is 4. The maximum Gasteiger partial charge on any atom is 0.190 e. The summed E-state index contributed by atoms with van der Waals surface area (Å²) in [5.41, 5.74) is 2.11. The van der Waals surface area contributed by atoms with Crippen molar-refractivity contribution in [2.75, 3.05) is 5.88 Å². The van der Waals surface area contributed by atoms with Crippen LogP contribution in [-0.2, 0) is 0 Å². The molecule has 0 bridgehead atoms. The summed E-state index contributed by atoms with van der Waals surface area (Å²) in [6, 6.07) is 16.4. The first-order valence-electron chi connectivity index (χ1n) is 5.82. The minimum atomic E-state index is -0.0504. The molecule has 0 amide bonds. The number of allylic oxidation sites excluding steroid dienone is 1. The topological polar surface area (TPSA) is 17.1 Å². The molecule has 0 aliphatic carbocycles. The number of hydrogen-bond donors (Lipinski definition) is 0. The summed E-state index contributed by atoms with van der Waals surface area (Å²) < 4.78 is 0. The van der Waals surface area contributed by atoms with Crippen molar-refractivity contribution in [2.45, 2.75) is 0 Å². The van der Waals surface area contributed by atoms with Crippen LogP contribution in [0.2, 0.25) is 5.02 Å². The number of carbonyl (C=O) groups is 1. The van der Waals surface area contributed by atoms with E-state index in [4.69, 9.17) is 23.2 Å². The molecule has 0 unspecified atom stereocenters. The number of hydrogen-bond acceptors (Lipinski definition) is 1. The highest BCUT2D eigenvalue weighted by atomic mass is 35.5. The number of benzene rings is 2. The fourth-order valence-electron chi connectivity index (χ4n) is 1.70. The molecule has 0 aliphatic rings. The Balaban J connectivity index is 2.29. The van der Waals surface area contributed by atoms with Gasteiger partial charge >= 0.3 is 0 Å². The van der Waals surface area contributed by atoms with Crippen LogP contribution in [0.3, 0.4) is 0 Å². The van der Waals surface area contributed by atoms with Gasteiger partial charge in [-0.25, -0.2) is 0 Å². The third-order valence-corrected chi connectivity index (χ3v) is 3.22. The van der Waals surface area contributed by atoms with E-state index < -0.39 is 0 Å². The van der Waals surface area contributed by atoms with Crippen molar-refractivity contribution in [1.82, 2.24) is 0 Å². The normalized spacial score (nSPS) is 11.4. The van der Waals surface area contributed by atoms with Gasteiger partial charge in [0.15, 0.2) is 5.78 Å². The van der Waals surface area contributed by atoms with Gasteiger partial charge in [0.2, 0.25) is 0 Å². The Hall–Kier alpha value is -1.57. The van der Waals surface area contributed by atoms with Crippen molar-refractivity contribution in [1.29, 1.82) is 0 Å². The smallest absolute Gasteiger partial charge is 0.190 e. The SMILES string of the molecule is O=C(/C(=C/c1ccc(Cl)cc1)CCl)c1ccccc1. The fourth-order valence-corrected chi connectivity index (χ4v) is 2.02. The Morgan fingerprint density at radius 2 is 1.63 bits per heavy atom. The summed E-state index contributed by atoms with van der Waals surface area (Å²) >= 11 is 11.7. The summed E-state index contributed by atoms with van der Waals surface area (Å²) in [4.78, 5) is 12.3. The molecule has 19 heavy (non-hydrogen) atoms. The predicted octanol–water partition coefficient (Wildman–Crippen LogP) is 4.85. The monoisotopic (exact) mass is 290 g/mol. The maximum absolute atomic E-state index is 12.3. The van der Waals surface area contributed by atoms with Crippen molar-refractivity contribution in [3.05, 3.63) is 76.3 Å². The minimum Gasteiger partial charge on any atom is -0.289 e. The molecule has 0 heterocycles. The highest BCUT2D eigenvalue weighted by Crippen LogP contribution is 2.16. The van der Waals surface area contributed by atoms with Gasteiger partial charge in [-0.3, -0.25) is 4.79 Å². The second kappa shape index (κ2) is 6.55. The van der Waals surface area contributed by atoms with E-state index in [-0.39, 0.29) is 11.7 Å². The number of halogens is 2. The Kier molecular flexibility index (Phi) is 4.78. The average molecular weight is 291 g/mol. The first kappa shape index (κ1) is 13.9. The Labute approximate surface area is 122 Å². The van der Waals surface area contributed by atoms with Crippen molar-refractivity contribution >= 4 is 35.1 Å². The lowest BCUT2D eigenvalue weighted by atomic mass is 10.0. The van der Waals surface area contributed by atoms with Gasteiger partial charge in [-0.15, -0.1) is 11.6 Å². The van der Waals surface area contributed by atoms with E-state index >= 15 is 0 Å². The first-order chi connectivity index (χ1) is 9.20. The molecule has 2 rings (SSSR count). The van der Waals surface area contributed by atoms with Crippen LogP contribution in [0.4, 0.5) is 0 Å². The molecule has 96 valence electrons. The van der Waals surface area contributed by atoms with E-state index in [1.807, 2.05) is 30.3 Å². The molecule has 0 fully saturated rings. The molecule has 3 heteroatoms. The number of alkyl halides is 1. The fraction of sp³-hybridized carbons (Fsp3) is 0.0625. The lowest BCUT2D eigenvalue weighted by Gasteiger charge is -2.03. The van der Waals surface area contributed by atoms with Crippen LogP contribution in [-0.4, -0.2) is 11.7 Å². The van der Waals surface area contributed by atoms with Crippen LogP contribution in [0.5, 0.6) is 0 Å². The zero-order valence-corrected chi connectivity index (χ0v) is 11.7. The molecular weight excluding hydrogens is 279 g/mol. The zero-order chi connectivity index (χ0) is 13.7. The Morgan fingerprint density at radius 1 is 1.00 bits per heavy atom. The van der Waals surface area contributed by atoms with E-state index in [0.717, 1.165) is 5.56 Å². The third kappa shape index (κ3) is 3.69. The summed E-state index contributed by atoms with van der Waals surface area (Å²) in [6.45, 7) is 0. The van der Waals surface area contributed by atoms with Gasteiger partial charge in [-0.05, 0) is 23.8 Å². The van der Waals surface area contributed by atoms with Crippen molar-refractivity contribution in [2.24, 2.45) is 0 Å². The molecule has 0 saturated carbocycles. The summed E-state index contributed by atoms with van der Waals surface area (Å²) in [5, 5.41) is 0.666. The molecule has 0 aromatic heterocycles. The van der Waals surface area contributed by atoms with E-state index in [1.165, 1.54) is 0 Å². The van der Waals surface area contributed by atoms with E-state index in [2.05, 4.69) is 0 Å². The lowest BCUT2D eigenvalue weighted by Crippen LogP contribution is -2.04. The van der Waals surface area contributed by atoms with Gasteiger partial charge in [0, 0.05) is 16.2 Å². The van der Waals surface area contributed by atoms with Crippen LogP contribution in [0.25, 0.3) is 6.08 Å². The molecule has 0 N–H and O–H groups in total. The van der Waals surface area contributed by atoms with E-state index in [9.17, 15) is 4.79 Å². The van der Waals surface area contributed by atoms with Crippen molar-refractivity contribution < 1.29 is 4.79 Å². The Bertz CT molecular complexity index is 586. The van der Waals surface area contributed by atoms with Gasteiger partial charge in [0.1, 0.15) is 0 Å². The largest absolute Gasteiger partial charge is 0.289 e. The molecule has 2 aromatic rings. The second-order valence-corrected chi connectivity index (χ2v) is 4.75. The third-order valence-electron chi connectivity index (χ3n) is 2.68. The van der Waals surface area contributed by atoms with Crippen LogP contribution < -0.4 is 0 Å². The van der Waals surface area contributed by atoms with Gasteiger partial charge in [-0.1, -0.05) is 54.1 Å². The molecule has 0 spiro atoms. The van der Waals surface area contributed by atoms with Crippen LogP contribution >= 0.6 is 23.2 Å². The molecule has 2 aromatic carbocycles.